The number of carbonyl (C=O) groups excluding carboxylic acids is 1. The SMILES string of the molecule is CC.CCCN1CCC(CC(N)C(=O)N2CCN(c3ccncc3)CC2)CC1. The molecule has 1 amide bonds. The molecule has 2 N–H and O–H groups in total. The molecule has 2 fully saturated rings. The van der Waals surface area contributed by atoms with Gasteiger partial charge in [-0.25, -0.2) is 0 Å². The fourth-order valence-electron chi connectivity index (χ4n) is 4.20. The number of amides is 1. The van der Waals surface area contributed by atoms with E-state index in [1.807, 2.05) is 43.3 Å². The lowest BCUT2D eigenvalue weighted by Gasteiger charge is -2.38. The van der Waals surface area contributed by atoms with Gasteiger partial charge in [0.25, 0.3) is 0 Å². The molecule has 0 spiro atoms. The molecule has 3 rings (SSSR count). The molecule has 6 nitrogen and oxygen atoms in total. The van der Waals surface area contributed by atoms with E-state index in [1.54, 1.807) is 0 Å². The van der Waals surface area contributed by atoms with E-state index in [0.29, 0.717) is 5.92 Å². The molecule has 6 heteroatoms. The van der Waals surface area contributed by atoms with Crippen LogP contribution in [0.5, 0.6) is 0 Å². The third-order valence-electron chi connectivity index (χ3n) is 5.77. The van der Waals surface area contributed by atoms with Gasteiger partial charge < -0.3 is 20.4 Å². The van der Waals surface area contributed by atoms with Gasteiger partial charge in [-0.3, -0.25) is 9.78 Å². The van der Waals surface area contributed by atoms with Gasteiger partial charge in [0.15, 0.2) is 0 Å². The number of rotatable bonds is 6. The van der Waals surface area contributed by atoms with Gasteiger partial charge in [0, 0.05) is 44.3 Å². The minimum Gasteiger partial charge on any atom is -0.368 e. The Hall–Kier alpha value is -1.66. The molecule has 0 radical (unpaired) electrons. The number of aromatic nitrogens is 1. The predicted molar refractivity (Wildman–Crippen MR) is 116 cm³/mol. The zero-order valence-electron chi connectivity index (χ0n) is 18.0. The Labute approximate surface area is 171 Å². The summed E-state index contributed by atoms with van der Waals surface area (Å²) in [5.74, 6) is 0.732. The van der Waals surface area contributed by atoms with Crippen LogP contribution in [0.3, 0.4) is 0 Å². The molecule has 1 unspecified atom stereocenters. The first-order chi connectivity index (χ1) is 13.7. The van der Waals surface area contributed by atoms with Crippen LogP contribution >= 0.6 is 0 Å². The van der Waals surface area contributed by atoms with Crippen LogP contribution in [-0.2, 0) is 4.79 Å². The minimum atomic E-state index is -0.342. The summed E-state index contributed by atoms with van der Waals surface area (Å²) < 4.78 is 0. The molecule has 1 aromatic rings. The Morgan fingerprint density at radius 2 is 1.71 bits per heavy atom. The standard InChI is InChI=1S/C20H33N5O.C2H6/c1-2-9-23-10-5-17(6-11-23)16-19(21)20(26)25-14-12-24(13-15-25)18-3-7-22-8-4-18;1-2/h3-4,7-8,17,19H,2,5-6,9-16,21H2,1H3;1-2H3. The number of piperazine rings is 1. The molecule has 158 valence electrons. The molecule has 2 aliphatic rings. The molecule has 0 aromatic carbocycles. The van der Waals surface area contributed by atoms with Crippen molar-refractivity contribution in [3.05, 3.63) is 24.5 Å². The normalized spacial score (nSPS) is 19.7. The van der Waals surface area contributed by atoms with Gasteiger partial charge in [0.2, 0.25) is 5.91 Å². The lowest BCUT2D eigenvalue weighted by Crippen LogP contribution is -2.53. The van der Waals surface area contributed by atoms with Crippen LogP contribution in [0.25, 0.3) is 0 Å². The number of nitrogens with two attached hydrogens (primary N) is 1. The number of pyridine rings is 1. The molecule has 3 heterocycles. The van der Waals surface area contributed by atoms with Crippen LogP contribution in [0.4, 0.5) is 5.69 Å². The Kier molecular flexibility index (Phi) is 9.71. The van der Waals surface area contributed by atoms with Crippen LogP contribution in [0.2, 0.25) is 0 Å². The van der Waals surface area contributed by atoms with Crippen LogP contribution in [-0.4, -0.2) is 72.5 Å². The third kappa shape index (κ3) is 6.45. The zero-order valence-corrected chi connectivity index (χ0v) is 18.0. The van der Waals surface area contributed by atoms with Crippen molar-refractivity contribution < 1.29 is 4.79 Å². The topological polar surface area (TPSA) is 65.7 Å². The second kappa shape index (κ2) is 12.0. The molecule has 1 atom stereocenters. The number of hydrogen-bond donors (Lipinski definition) is 1. The lowest BCUT2D eigenvalue weighted by atomic mass is 9.90. The maximum absolute atomic E-state index is 12.7. The van der Waals surface area contributed by atoms with Crippen molar-refractivity contribution in [3.63, 3.8) is 0 Å². The lowest BCUT2D eigenvalue weighted by molar-refractivity contribution is -0.133. The molecule has 0 saturated carbocycles. The van der Waals surface area contributed by atoms with E-state index in [4.69, 9.17) is 5.73 Å². The molecule has 2 aliphatic heterocycles. The summed E-state index contributed by atoms with van der Waals surface area (Å²) in [5.41, 5.74) is 7.47. The number of hydrogen-bond acceptors (Lipinski definition) is 5. The fourth-order valence-corrected chi connectivity index (χ4v) is 4.20. The van der Waals surface area contributed by atoms with E-state index in [9.17, 15) is 4.79 Å². The van der Waals surface area contributed by atoms with Gasteiger partial charge in [-0.05, 0) is 63.4 Å². The van der Waals surface area contributed by atoms with E-state index in [1.165, 1.54) is 31.5 Å². The highest BCUT2D eigenvalue weighted by Gasteiger charge is 2.28. The summed E-state index contributed by atoms with van der Waals surface area (Å²) in [4.78, 5) is 23.6. The predicted octanol–water partition coefficient (Wildman–Crippen LogP) is 2.60. The Morgan fingerprint density at radius 1 is 1.11 bits per heavy atom. The number of likely N-dealkylation sites (tertiary alicyclic amines) is 1. The molecule has 1 aromatic heterocycles. The van der Waals surface area contributed by atoms with E-state index >= 15 is 0 Å². The van der Waals surface area contributed by atoms with Crippen LogP contribution in [0.15, 0.2) is 24.5 Å². The average molecular weight is 390 g/mol. The van der Waals surface area contributed by atoms with Crippen molar-refractivity contribution >= 4 is 11.6 Å². The number of piperidine rings is 1. The third-order valence-corrected chi connectivity index (χ3v) is 5.77. The van der Waals surface area contributed by atoms with Crippen molar-refractivity contribution in [3.8, 4) is 0 Å². The van der Waals surface area contributed by atoms with Crippen LogP contribution < -0.4 is 10.6 Å². The van der Waals surface area contributed by atoms with Gasteiger partial charge in [0.1, 0.15) is 0 Å². The van der Waals surface area contributed by atoms with Gasteiger partial charge in [-0.15, -0.1) is 0 Å². The van der Waals surface area contributed by atoms with Gasteiger partial charge in [0.05, 0.1) is 6.04 Å². The van der Waals surface area contributed by atoms with E-state index < -0.39 is 0 Å². The minimum absolute atomic E-state index is 0.135. The van der Waals surface area contributed by atoms with E-state index in [2.05, 4.69) is 21.7 Å². The van der Waals surface area contributed by atoms with Crippen molar-refractivity contribution in [1.82, 2.24) is 14.8 Å². The van der Waals surface area contributed by atoms with E-state index in [-0.39, 0.29) is 11.9 Å². The Balaban J connectivity index is 0.00000136. The number of anilines is 1. The summed E-state index contributed by atoms with van der Waals surface area (Å²) in [6.07, 6.45) is 8.04. The molecule has 0 bridgehead atoms. The van der Waals surface area contributed by atoms with Crippen molar-refractivity contribution in [1.29, 1.82) is 0 Å². The largest absolute Gasteiger partial charge is 0.368 e. The highest BCUT2D eigenvalue weighted by atomic mass is 16.2. The monoisotopic (exact) mass is 389 g/mol. The van der Waals surface area contributed by atoms with Crippen LogP contribution in [0.1, 0.15) is 46.5 Å². The summed E-state index contributed by atoms with van der Waals surface area (Å²) in [7, 11) is 0. The molecule has 0 aliphatic carbocycles. The van der Waals surface area contributed by atoms with Gasteiger partial charge in [-0.2, -0.15) is 0 Å². The highest BCUT2D eigenvalue weighted by Crippen LogP contribution is 2.22. The number of carbonyl (C=O) groups is 1. The zero-order chi connectivity index (χ0) is 20.4. The van der Waals surface area contributed by atoms with Crippen molar-refractivity contribution in [2.45, 2.75) is 52.5 Å². The van der Waals surface area contributed by atoms with Gasteiger partial charge >= 0.3 is 0 Å². The first kappa shape index (κ1) is 22.6. The van der Waals surface area contributed by atoms with Crippen molar-refractivity contribution in [2.75, 3.05) is 50.7 Å². The smallest absolute Gasteiger partial charge is 0.239 e. The molecular weight excluding hydrogens is 350 g/mol. The van der Waals surface area contributed by atoms with E-state index in [0.717, 1.165) is 45.7 Å². The molecular formula is C22H39N5O. The first-order valence-electron chi connectivity index (χ1n) is 11.1. The average Bonchev–Trinajstić information content (AvgIpc) is 2.77. The summed E-state index contributed by atoms with van der Waals surface area (Å²) in [5, 5.41) is 0. The van der Waals surface area contributed by atoms with Crippen molar-refractivity contribution in [2.24, 2.45) is 11.7 Å². The Morgan fingerprint density at radius 3 is 2.29 bits per heavy atom. The highest BCUT2D eigenvalue weighted by molar-refractivity contribution is 5.82. The number of nitrogens with zero attached hydrogens (tertiary/aromatic N) is 4. The Bertz CT molecular complexity index is 551. The second-order valence-electron chi connectivity index (χ2n) is 7.64. The quantitative estimate of drug-likeness (QED) is 0.810. The summed E-state index contributed by atoms with van der Waals surface area (Å²) in [6, 6.07) is 3.70. The van der Waals surface area contributed by atoms with Crippen LogP contribution in [0, 0.1) is 5.92 Å². The second-order valence-corrected chi connectivity index (χ2v) is 7.64. The first-order valence-corrected chi connectivity index (χ1v) is 11.1. The molecule has 2 saturated heterocycles. The fraction of sp³-hybridized carbons (Fsp3) is 0.727. The maximum atomic E-state index is 12.7. The summed E-state index contributed by atoms with van der Waals surface area (Å²) >= 11 is 0. The van der Waals surface area contributed by atoms with Gasteiger partial charge in [-0.1, -0.05) is 20.8 Å². The summed E-state index contributed by atoms with van der Waals surface area (Å²) in [6.45, 7) is 13.0. The maximum Gasteiger partial charge on any atom is 0.239 e. The molecule has 28 heavy (non-hydrogen) atoms.